The van der Waals surface area contributed by atoms with Crippen molar-refractivity contribution in [2.24, 2.45) is 0 Å². The van der Waals surface area contributed by atoms with Gasteiger partial charge < -0.3 is 33.8 Å². The van der Waals surface area contributed by atoms with Crippen molar-refractivity contribution in [2.75, 3.05) is 39.6 Å². The molecule has 110 heavy (non-hydrogen) atoms. The van der Waals surface area contributed by atoms with Crippen molar-refractivity contribution < 1.29 is 80.2 Å². The van der Waals surface area contributed by atoms with E-state index in [-0.39, 0.29) is 25.7 Å². The minimum atomic E-state index is -4.99. The van der Waals surface area contributed by atoms with Crippen LogP contribution in [0.4, 0.5) is 0 Å². The Kier molecular flexibility index (Phi) is 78.2. The third-order valence-corrected chi connectivity index (χ3v) is 19.7. The standard InChI is InChI=1S/C91H154O17P2/c1-5-9-13-17-21-25-29-33-37-41-42-46-48-52-56-60-64-68-72-76-89(94)102-82-87(108-91(96)78-74-70-66-62-58-54-50-45-40-36-32-28-24-20-16-12-8-4)84-106-110(99,100)104-80-85(92)79-103-109(97,98)105-83-86(107-90(95)77-73-69-65-61-57-53-49-44-39-35-31-27-23-19-15-11-7-3)81-101-88(93)75-71-67-63-59-55-51-47-43-38-34-30-26-22-18-14-10-6-2/h10-12,14-16,21-28,33-40,42,46,85-87,92H,5-9,13,17-20,29-32,41,43-45,47-84H2,1-4H3,(H,97,98)(H,99,100)/b14-10-,15-11-,16-12-,25-21-,26-22-,27-23-,28-24-,37-33-,38-34-,39-35-,40-36-,46-42-. The molecule has 0 aromatic heterocycles. The molecular formula is C91H154O17P2. The molecule has 0 amide bonds. The van der Waals surface area contributed by atoms with Gasteiger partial charge in [0.1, 0.15) is 19.3 Å². The lowest BCUT2D eigenvalue weighted by Crippen LogP contribution is -2.30. The molecule has 19 heteroatoms. The summed E-state index contributed by atoms with van der Waals surface area (Å²) in [5, 5.41) is 10.7. The molecule has 0 aliphatic heterocycles. The zero-order valence-corrected chi connectivity index (χ0v) is 70.9. The van der Waals surface area contributed by atoms with Gasteiger partial charge in [0.15, 0.2) is 12.2 Å². The third-order valence-electron chi connectivity index (χ3n) is 17.8. The van der Waals surface area contributed by atoms with Crippen LogP contribution in [0.25, 0.3) is 0 Å². The number of ether oxygens (including phenoxy) is 4. The van der Waals surface area contributed by atoms with Crippen molar-refractivity contribution in [3.05, 3.63) is 146 Å². The Morgan fingerprint density at radius 1 is 0.264 bits per heavy atom. The molecule has 630 valence electrons. The number of unbranched alkanes of at least 4 members (excludes halogenated alkanes) is 30. The highest BCUT2D eigenvalue weighted by molar-refractivity contribution is 7.47. The summed E-state index contributed by atoms with van der Waals surface area (Å²) >= 11 is 0. The average molecular weight is 1580 g/mol. The first-order chi connectivity index (χ1) is 53.7. The third kappa shape index (κ3) is 81.0. The molecule has 0 saturated carbocycles. The Morgan fingerprint density at radius 2 is 0.473 bits per heavy atom. The molecule has 5 unspecified atom stereocenters. The van der Waals surface area contributed by atoms with E-state index in [0.29, 0.717) is 25.7 Å². The van der Waals surface area contributed by atoms with Gasteiger partial charge in [-0.15, -0.1) is 0 Å². The highest BCUT2D eigenvalue weighted by Crippen LogP contribution is 2.45. The highest BCUT2D eigenvalue weighted by atomic mass is 31.2. The maximum atomic E-state index is 13.2. The number of hydrogen-bond donors (Lipinski definition) is 3. The van der Waals surface area contributed by atoms with Crippen molar-refractivity contribution >= 4 is 39.5 Å². The number of carbonyl (C=O) groups is 4. The van der Waals surface area contributed by atoms with E-state index in [4.69, 9.17) is 37.0 Å². The van der Waals surface area contributed by atoms with E-state index < -0.39 is 97.5 Å². The van der Waals surface area contributed by atoms with E-state index in [9.17, 15) is 43.2 Å². The lowest BCUT2D eigenvalue weighted by atomic mass is 10.1. The predicted molar refractivity (Wildman–Crippen MR) is 454 cm³/mol. The smallest absolute Gasteiger partial charge is 0.462 e. The molecule has 0 radical (unpaired) electrons. The summed E-state index contributed by atoms with van der Waals surface area (Å²) in [6, 6.07) is 0. The first-order valence-corrected chi connectivity index (χ1v) is 46.1. The second kappa shape index (κ2) is 81.9. The summed E-state index contributed by atoms with van der Waals surface area (Å²) in [7, 11) is -9.99. The van der Waals surface area contributed by atoms with Crippen LogP contribution < -0.4 is 0 Å². The van der Waals surface area contributed by atoms with Gasteiger partial charge in [0.2, 0.25) is 0 Å². The zero-order valence-electron chi connectivity index (χ0n) is 69.1. The molecule has 0 saturated heterocycles. The number of rotatable bonds is 80. The van der Waals surface area contributed by atoms with E-state index in [1.165, 1.54) is 19.3 Å². The molecule has 0 rings (SSSR count). The monoisotopic (exact) mass is 1580 g/mol. The Bertz CT molecular complexity index is 2650. The Labute approximate surface area is 668 Å². The average Bonchev–Trinajstić information content (AvgIpc) is 0.904. The normalized spacial score (nSPS) is 14.5. The van der Waals surface area contributed by atoms with Crippen LogP contribution in [0, 0.1) is 0 Å². The maximum absolute atomic E-state index is 13.2. The lowest BCUT2D eigenvalue weighted by Gasteiger charge is -2.21. The van der Waals surface area contributed by atoms with Gasteiger partial charge in [-0.3, -0.25) is 37.3 Å². The fraction of sp³-hybridized carbons (Fsp3) is 0.692. The van der Waals surface area contributed by atoms with Crippen LogP contribution >= 0.6 is 15.6 Å². The first-order valence-electron chi connectivity index (χ1n) is 43.1. The fourth-order valence-electron chi connectivity index (χ4n) is 11.3. The van der Waals surface area contributed by atoms with E-state index >= 15 is 0 Å². The first kappa shape index (κ1) is 105. The van der Waals surface area contributed by atoms with E-state index in [0.717, 1.165) is 250 Å². The topological polar surface area (TPSA) is 237 Å². The van der Waals surface area contributed by atoms with Gasteiger partial charge in [-0.2, -0.15) is 0 Å². The van der Waals surface area contributed by atoms with Crippen LogP contribution in [0.15, 0.2) is 146 Å². The van der Waals surface area contributed by atoms with Crippen molar-refractivity contribution in [2.45, 2.75) is 367 Å². The van der Waals surface area contributed by atoms with Gasteiger partial charge in [-0.1, -0.05) is 308 Å². The SMILES string of the molecule is CC/C=C\C/C=C\C/C=C\CCCCCCCCCC(=O)OCC(COP(=O)(O)OCC(O)COP(=O)(O)OCC(COC(=O)CCCCCCCC/C=C\C/C=C\C/C=C\CCCCC)OC(=O)CCCCCCCCC/C=C\C/C=C\C/C=C\CC)OC(=O)CCCCCCCCC/C=C\C/C=C\C/C=C\CC. The van der Waals surface area contributed by atoms with Gasteiger partial charge >= 0.3 is 39.5 Å². The van der Waals surface area contributed by atoms with Crippen molar-refractivity contribution in [3.63, 3.8) is 0 Å². The molecule has 5 atom stereocenters. The van der Waals surface area contributed by atoms with Crippen LogP contribution in [0.2, 0.25) is 0 Å². The number of phosphoric ester groups is 2. The van der Waals surface area contributed by atoms with Crippen molar-refractivity contribution in [1.29, 1.82) is 0 Å². The lowest BCUT2D eigenvalue weighted by molar-refractivity contribution is -0.161. The highest BCUT2D eigenvalue weighted by Gasteiger charge is 2.30. The molecular weight excluding hydrogens is 1430 g/mol. The Balaban J connectivity index is 5.41. The number of esters is 4. The largest absolute Gasteiger partial charge is 0.472 e. The number of allylic oxidation sites excluding steroid dienone is 24. The Morgan fingerprint density at radius 3 is 0.727 bits per heavy atom. The van der Waals surface area contributed by atoms with E-state index in [1.807, 2.05) is 0 Å². The van der Waals surface area contributed by atoms with Gasteiger partial charge in [0.05, 0.1) is 26.4 Å². The quantitative estimate of drug-likeness (QED) is 0.0169. The summed E-state index contributed by atoms with van der Waals surface area (Å²) in [5.41, 5.74) is 0. The second-order valence-electron chi connectivity index (χ2n) is 28.3. The van der Waals surface area contributed by atoms with Crippen LogP contribution in [-0.4, -0.2) is 96.7 Å². The van der Waals surface area contributed by atoms with Gasteiger partial charge in [-0.05, 0) is 161 Å². The number of hydrogen-bond acceptors (Lipinski definition) is 15. The molecule has 0 aliphatic carbocycles. The predicted octanol–water partition coefficient (Wildman–Crippen LogP) is 25.8. The van der Waals surface area contributed by atoms with Crippen molar-refractivity contribution in [3.8, 4) is 0 Å². The number of phosphoric acid groups is 2. The van der Waals surface area contributed by atoms with Crippen LogP contribution in [0.5, 0.6) is 0 Å². The number of aliphatic hydroxyl groups excluding tert-OH is 1. The number of carbonyl (C=O) groups excluding carboxylic acids is 4. The zero-order chi connectivity index (χ0) is 80.3. The molecule has 0 heterocycles. The number of aliphatic hydroxyl groups is 1. The maximum Gasteiger partial charge on any atom is 0.472 e. The van der Waals surface area contributed by atoms with Gasteiger partial charge in [0.25, 0.3) is 0 Å². The second-order valence-corrected chi connectivity index (χ2v) is 31.2. The van der Waals surface area contributed by atoms with Crippen LogP contribution in [0.3, 0.4) is 0 Å². The molecule has 0 aromatic carbocycles. The fourth-order valence-corrected chi connectivity index (χ4v) is 12.9. The summed E-state index contributed by atoms with van der Waals surface area (Å²) in [4.78, 5) is 73.3. The minimum Gasteiger partial charge on any atom is -0.462 e. The molecule has 0 aliphatic rings. The van der Waals surface area contributed by atoms with Crippen LogP contribution in [0.1, 0.15) is 349 Å². The summed E-state index contributed by atoms with van der Waals surface area (Å²) < 4.78 is 68.9. The molecule has 0 fully saturated rings. The Hall–Kier alpha value is -5.06. The van der Waals surface area contributed by atoms with E-state index in [1.54, 1.807) is 0 Å². The molecule has 0 bridgehead atoms. The van der Waals surface area contributed by atoms with E-state index in [2.05, 4.69) is 174 Å². The van der Waals surface area contributed by atoms with Crippen LogP contribution in [-0.2, 0) is 65.4 Å². The van der Waals surface area contributed by atoms with Gasteiger partial charge in [-0.25, -0.2) is 9.13 Å². The molecule has 17 nitrogen and oxygen atoms in total. The van der Waals surface area contributed by atoms with Crippen molar-refractivity contribution in [1.82, 2.24) is 0 Å². The molecule has 0 aromatic rings. The summed E-state index contributed by atoms with van der Waals surface area (Å²) in [6.07, 6.45) is 95.1. The van der Waals surface area contributed by atoms with Gasteiger partial charge in [0, 0.05) is 25.7 Å². The molecule has 3 N–H and O–H groups in total. The minimum absolute atomic E-state index is 0.0774. The summed E-state index contributed by atoms with van der Waals surface area (Å²) in [5.74, 6) is -2.21. The molecule has 0 spiro atoms. The summed E-state index contributed by atoms with van der Waals surface area (Å²) in [6.45, 7) is 4.51.